The van der Waals surface area contributed by atoms with Crippen LogP contribution >= 0.6 is 11.6 Å². The Labute approximate surface area is 197 Å². The van der Waals surface area contributed by atoms with E-state index in [0.717, 1.165) is 6.07 Å². The number of sulfone groups is 1. The van der Waals surface area contributed by atoms with Gasteiger partial charge >= 0.3 is 5.97 Å². The molecule has 3 fully saturated rings. The first-order valence-corrected chi connectivity index (χ1v) is 12.2. The minimum absolute atomic E-state index is 0.0451. The van der Waals surface area contributed by atoms with Crippen LogP contribution in [-0.4, -0.2) is 41.4 Å². The first-order valence-electron chi connectivity index (χ1n) is 10.3. The summed E-state index contributed by atoms with van der Waals surface area (Å²) in [6, 6.07) is 4.61. The van der Waals surface area contributed by atoms with Gasteiger partial charge in [0.2, 0.25) is 0 Å². The molecule has 5 rings (SSSR count). The fourth-order valence-electron chi connectivity index (χ4n) is 4.91. The largest absolute Gasteiger partial charge is 0.481 e. The van der Waals surface area contributed by atoms with E-state index < -0.39 is 68.3 Å². The van der Waals surface area contributed by atoms with Gasteiger partial charge in [0, 0.05) is 23.4 Å². The van der Waals surface area contributed by atoms with Crippen LogP contribution in [-0.2, 0) is 14.6 Å². The Morgan fingerprint density at radius 3 is 2.21 bits per heavy atom. The van der Waals surface area contributed by atoms with E-state index in [1.807, 2.05) is 0 Å². The Morgan fingerprint density at radius 1 is 1.06 bits per heavy atom. The second kappa shape index (κ2) is 8.54. The molecule has 0 saturated heterocycles. The lowest BCUT2D eigenvalue weighted by atomic mass is 9.52. The van der Waals surface area contributed by atoms with E-state index in [9.17, 15) is 36.3 Å². The molecule has 12 heteroatoms. The summed E-state index contributed by atoms with van der Waals surface area (Å²) in [7, 11) is -4.06. The third-order valence-electron chi connectivity index (χ3n) is 6.69. The van der Waals surface area contributed by atoms with Gasteiger partial charge in [0.05, 0.1) is 27.2 Å². The normalized spacial score (nSPS) is 26.0. The van der Waals surface area contributed by atoms with Crippen LogP contribution in [0.15, 0.2) is 35.2 Å². The van der Waals surface area contributed by atoms with Crippen LogP contribution in [0.1, 0.15) is 36.0 Å². The van der Waals surface area contributed by atoms with E-state index in [1.54, 1.807) is 0 Å². The first kappa shape index (κ1) is 24.5. The van der Waals surface area contributed by atoms with Gasteiger partial charge in [-0.25, -0.2) is 21.6 Å². The van der Waals surface area contributed by atoms with Crippen LogP contribution in [0.2, 0.25) is 5.02 Å². The Kier molecular flexibility index (Phi) is 6.16. The van der Waals surface area contributed by atoms with Crippen LogP contribution in [0.5, 0.6) is 0 Å². The molecular formula is C22H19ClF3NO6S. The molecular weight excluding hydrogens is 499 g/mol. The maximum Gasteiger partial charge on any atom is 0.306 e. The van der Waals surface area contributed by atoms with Crippen molar-refractivity contribution in [2.24, 2.45) is 11.8 Å². The maximum absolute atomic E-state index is 13.4. The molecule has 3 aliphatic carbocycles. The third kappa shape index (κ3) is 4.16. The SMILES string of the molecule is O=C(O)C[C@]1(O)C2CC1C[C@@H](S(=O)(=O)c1cc(C(=O)Nc3cc(F)c(F)c(F)c3)ccc1Cl)C2. The highest BCUT2D eigenvalue weighted by atomic mass is 35.5. The van der Waals surface area contributed by atoms with E-state index in [2.05, 4.69) is 5.32 Å². The van der Waals surface area contributed by atoms with Crippen molar-refractivity contribution in [1.82, 2.24) is 0 Å². The smallest absolute Gasteiger partial charge is 0.306 e. The predicted octanol–water partition coefficient (Wildman–Crippen LogP) is 3.79. The van der Waals surface area contributed by atoms with Crippen molar-refractivity contribution >= 4 is 39.0 Å². The second-order valence-electron chi connectivity index (χ2n) is 8.68. The molecule has 0 spiro atoms. The molecule has 2 aromatic carbocycles. The number of halogens is 4. The molecule has 0 radical (unpaired) electrons. The molecule has 0 heterocycles. The summed E-state index contributed by atoms with van der Waals surface area (Å²) in [5.41, 5.74) is -1.98. The topological polar surface area (TPSA) is 121 Å². The summed E-state index contributed by atoms with van der Waals surface area (Å²) in [6.07, 6.45) is 0.153. The summed E-state index contributed by atoms with van der Waals surface area (Å²) in [5.74, 6) is -7.76. The van der Waals surface area contributed by atoms with Crippen LogP contribution < -0.4 is 5.32 Å². The highest BCUT2D eigenvalue weighted by Crippen LogP contribution is 2.57. The van der Waals surface area contributed by atoms with Crippen molar-refractivity contribution < 1.29 is 41.4 Å². The van der Waals surface area contributed by atoms with Crippen molar-refractivity contribution in [1.29, 1.82) is 0 Å². The molecule has 2 unspecified atom stereocenters. The number of carbonyl (C=O) groups excluding carboxylic acids is 1. The lowest BCUT2D eigenvalue weighted by molar-refractivity contribution is -0.190. The van der Waals surface area contributed by atoms with E-state index in [4.69, 9.17) is 16.7 Å². The Hall–Kier alpha value is -2.63. The zero-order valence-corrected chi connectivity index (χ0v) is 19.0. The van der Waals surface area contributed by atoms with Gasteiger partial charge in [0.15, 0.2) is 27.3 Å². The number of carboxylic acid groups (broad SMARTS) is 1. The number of fused-ring (bicyclic) bond motifs is 2. The lowest BCUT2D eigenvalue weighted by Crippen LogP contribution is -2.62. The number of carbonyl (C=O) groups is 2. The van der Waals surface area contributed by atoms with Gasteiger partial charge in [-0.1, -0.05) is 11.6 Å². The first-order chi connectivity index (χ1) is 15.8. The summed E-state index contributed by atoms with van der Waals surface area (Å²) >= 11 is 6.12. The monoisotopic (exact) mass is 517 g/mol. The Morgan fingerprint density at radius 2 is 1.65 bits per heavy atom. The molecule has 3 N–H and O–H groups in total. The van der Waals surface area contributed by atoms with E-state index in [-0.39, 0.29) is 34.0 Å². The number of aliphatic hydroxyl groups is 1. The van der Waals surface area contributed by atoms with E-state index in [0.29, 0.717) is 18.6 Å². The molecule has 7 nitrogen and oxygen atoms in total. The summed E-state index contributed by atoms with van der Waals surface area (Å²) < 4.78 is 66.6. The van der Waals surface area contributed by atoms with Gasteiger partial charge in [-0.3, -0.25) is 9.59 Å². The molecule has 34 heavy (non-hydrogen) atoms. The number of benzene rings is 2. The summed E-state index contributed by atoms with van der Waals surface area (Å²) in [5, 5.41) is 20.8. The van der Waals surface area contributed by atoms with Crippen LogP contribution in [0.25, 0.3) is 0 Å². The van der Waals surface area contributed by atoms with Crippen molar-refractivity contribution in [2.75, 3.05) is 5.32 Å². The van der Waals surface area contributed by atoms with Gasteiger partial charge in [-0.05, 0) is 49.3 Å². The molecule has 0 aliphatic heterocycles. The number of aliphatic carboxylic acids is 1. The van der Waals surface area contributed by atoms with Crippen LogP contribution in [0.3, 0.4) is 0 Å². The average molecular weight is 518 g/mol. The minimum atomic E-state index is -4.06. The number of nitrogens with one attached hydrogen (secondary N) is 1. The fourth-order valence-corrected chi connectivity index (χ4v) is 7.32. The van der Waals surface area contributed by atoms with Gasteiger partial charge in [-0.15, -0.1) is 0 Å². The zero-order chi connectivity index (χ0) is 25.0. The highest BCUT2D eigenvalue weighted by molar-refractivity contribution is 7.92. The zero-order valence-electron chi connectivity index (χ0n) is 17.4. The average Bonchev–Trinajstić information content (AvgIpc) is 2.77. The molecule has 182 valence electrons. The molecule has 2 aromatic rings. The van der Waals surface area contributed by atoms with Gasteiger partial charge in [-0.2, -0.15) is 0 Å². The van der Waals surface area contributed by atoms with Crippen LogP contribution in [0, 0.1) is 29.3 Å². The third-order valence-corrected chi connectivity index (χ3v) is 9.35. The maximum atomic E-state index is 13.4. The quantitative estimate of drug-likeness (QED) is 0.501. The van der Waals surface area contributed by atoms with Crippen molar-refractivity contribution in [3.8, 4) is 0 Å². The molecule has 1 amide bonds. The number of amides is 1. The molecule has 2 bridgehead atoms. The van der Waals surface area contributed by atoms with E-state index in [1.165, 1.54) is 12.1 Å². The standard InChI is InChI=1S/C22H19ClF3NO6S/c23-15-2-1-10(21(30)27-13-7-16(24)20(26)17(25)8-13)3-18(15)34(32,33)14-5-11-4-12(6-14)22(11,31)9-19(28)29/h1-3,7-8,11-12,14,31H,4-6,9H2,(H,27,30)(H,28,29)/t11?,12?,14-,22-. The van der Waals surface area contributed by atoms with E-state index >= 15 is 0 Å². The number of hydrogen-bond donors (Lipinski definition) is 3. The molecule has 2 atom stereocenters. The summed E-state index contributed by atoms with van der Waals surface area (Å²) in [4.78, 5) is 23.3. The Balaban J connectivity index is 1.56. The van der Waals surface area contributed by atoms with Crippen molar-refractivity contribution in [3.05, 3.63) is 58.4 Å². The predicted molar refractivity (Wildman–Crippen MR) is 115 cm³/mol. The highest BCUT2D eigenvalue weighted by Gasteiger charge is 2.60. The summed E-state index contributed by atoms with van der Waals surface area (Å²) in [6.45, 7) is 0. The Bertz CT molecular complexity index is 1270. The molecule has 3 aliphatic rings. The number of rotatable bonds is 6. The lowest BCUT2D eigenvalue weighted by Gasteiger charge is -2.57. The fraction of sp³-hybridized carbons (Fsp3) is 0.364. The van der Waals surface area contributed by atoms with Gasteiger partial charge < -0.3 is 15.5 Å². The van der Waals surface area contributed by atoms with Crippen LogP contribution in [0.4, 0.5) is 18.9 Å². The number of anilines is 1. The van der Waals surface area contributed by atoms with Crippen molar-refractivity contribution in [3.63, 3.8) is 0 Å². The molecule has 3 saturated carbocycles. The second-order valence-corrected chi connectivity index (χ2v) is 11.3. The number of carboxylic acids is 1. The van der Waals surface area contributed by atoms with Gasteiger partial charge in [0.1, 0.15) is 0 Å². The number of hydrogen-bond acceptors (Lipinski definition) is 5. The van der Waals surface area contributed by atoms with Gasteiger partial charge in [0.25, 0.3) is 5.91 Å². The van der Waals surface area contributed by atoms with Crippen molar-refractivity contribution in [2.45, 2.75) is 41.4 Å². The molecule has 0 aromatic heterocycles. The minimum Gasteiger partial charge on any atom is -0.481 e.